The van der Waals surface area contributed by atoms with Gasteiger partial charge in [-0.1, -0.05) is 56.4 Å². The van der Waals surface area contributed by atoms with Gasteiger partial charge in [0.25, 0.3) is 0 Å². The zero-order chi connectivity index (χ0) is 11.2. The number of hydrogen-bond donors (Lipinski definition) is 1. The van der Waals surface area contributed by atoms with Crippen molar-refractivity contribution in [1.82, 2.24) is 0 Å². The Bertz CT molecular complexity index is 159. The van der Waals surface area contributed by atoms with Gasteiger partial charge in [-0.2, -0.15) is 0 Å². The van der Waals surface area contributed by atoms with Gasteiger partial charge < -0.3 is 5.11 Å². The van der Waals surface area contributed by atoms with Gasteiger partial charge in [-0.3, -0.25) is 0 Å². The van der Waals surface area contributed by atoms with Crippen molar-refractivity contribution in [3.05, 3.63) is 24.3 Å². The molecule has 0 saturated heterocycles. The maximum absolute atomic E-state index is 8.60. The molecule has 0 aliphatic heterocycles. The van der Waals surface area contributed by atoms with E-state index in [-0.39, 0.29) is 0 Å². The van der Waals surface area contributed by atoms with Gasteiger partial charge in [0.2, 0.25) is 0 Å². The van der Waals surface area contributed by atoms with E-state index in [1.165, 1.54) is 44.9 Å². The smallest absolute Gasteiger partial charge is 0.0431 e. The molecule has 0 amide bonds. The molecule has 1 nitrogen and oxygen atoms in total. The molecule has 0 aromatic rings. The summed E-state index contributed by atoms with van der Waals surface area (Å²) in [4.78, 5) is 0. The van der Waals surface area contributed by atoms with E-state index in [1.807, 2.05) is 6.92 Å². The SMILES string of the molecule is CC=C/C=C/CCCCCCCCCO. The third-order valence-electron chi connectivity index (χ3n) is 2.47. The first-order chi connectivity index (χ1) is 7.41. The summed E-state index contributed by atoms with van der Waals surface area (Å²) in [5.41, 5.74) is 0. The number of unbranched alkanes of at least 4 members (excludes halogenated alkanes) is 7. The highest BCUT2D eigenvalue weighted by atomic mass is 16.2. The van der Waals surface area contributed by atoms with Crippen molar-refractivity contribution in [3.63, 3.8) is 0 Å². The number of allylic oxidation sites excluding steroid dienone is 4. The van der Waals surface area contributed by atoms with E-state index in [2.05, 4.69) is 24.3 Å². The summed E-state index contributed by atoms with van der Waals surface area (Å²) >= 11 is 0. The second-order valence-corrected chi connectivity index (χ2v) is 3.94. The van der Waals surface area contributed by atoms with Gasteiger partial charge in [-0.05, 0) is 26.2 Å². The van der Waals surface area contributed by atoms with Crippen LogP contribution in [0.4, 0.5) is 0 Å². The zero-order valence-electron chi connectivity index (χ0n) is 10.1. The van der Waals surface area contributed by atoms with Crippen molar-refractivity contribution in [3.8, 4) is 0 Å². The second-order valence-electron chi connectivity index (χ2n) is 3.94. The van der Waals surface area contributed by atoms with Crippen molar-refractivity contribution in [2.75, 3.05) is 6.61 Å². The molecule has 0 atom stereocenters. The molecule has 0 unspecified atom stereocenters. The van der Waals surface area contributed by atoms with E-state index < -0.39 is 0 Å². The predicted molar refractivity (Wildman–Crippen MR) is 68.0 cm³/mol. The average molecular weight is 210 g/mol. The van der Waals surface area contributed by atoms with Gasteiger partial charge in [0.15, 0.2) is 0 Å². The Labute approximate surface area is 94.9 Å². The molecule has 0 heterocycles. The molecule has 0 spiro atoms. The summed E-state index contributed by atoms with van der Waals surface area (Å²) in [6.45, 7) is 2.40. The minimum Gasteiger partial charge on any atom is -0.396 e. The predicted octanol–water partition coefficient (Wildman–Crippen LogP) is 4.23. The fourth-order valence-electron chi connectivity index (χ4n) is 1.54. The van der Waals surface area contributed by atoms with E-state index in [4.69, 9.17) is 5.11 Å². The molecular formula is C14H26O. The lowest BCUT2D eigenvalue weighted by molar-refractivity contribution is 0.282. The van der Waals surface area contributed by atoms with Crippen LogP contribution < -0.4 is 0 Å². The fourth-order valence-corrected chi connectivity index (χ4v) is 1.54. The summed E-state index contributed by atoms with van der Waals surface area (Å²) in [7, 11) is 0. The molecule has 0 fully saturated rings. The third-order valence-corrected chi connectivity index (χ3v) is 2.47. The van der Waals surface area contributed by atoms with E-state index >= 15 is 0 Å². The maximum Gasteiger partial charge on any atom is 0.0431 e. The highest BCUT2D eigenvalue weighted by molar-refractivity contribution is 5.00. The number of hydrogen-bond acceptors (Lipinski definition) is 1. The van der Waals surface area contributed by atoms with Crippen LogP contribution in [0.25, 0.3) is 0 Å². The minimum atomic E-state index is 0.357. The van der Waals surface area contributed by atoms with Crippen molar-refractivity contribution >= 4 is 0 Å². The lowest BCUT2D eigenvalue weighted by atomic mass is 10.1. The van der Waals surface area contributed by atoms with Crippen LogP contribution in [0.5, 0.6) is 0 Å². The third kappa shape index (κ3) is 13.4. The number of aliphatic hydroxyl groups is 1. The minimum absolute atomic E-state index is 0.357. The van der Waals surface area contributed by atoms with Gasteiger partial charge in [-0.25, -0.2) is 0 Å². The topological polar surface area (TPSA) is 20.2 Å². The highest BCUT2D eigenvalue weighted by Crippen LogP contribution is 2.08. The van der Waals surface area contributed by atoms with E-state index in [0.717, 1.165) is 6.42 Å². The van der Waals surface area contributed by atoms with Gasteiger partial charge >= 0.3 is 0 Å². The first kappa shape index (κ1) is 14.4. The van der Waals surface area contributed by atoms with Crippen LogP contribution in [-0.4, -0.2) is 11.7 Å². The first-order valence-electron chi connectivity index (χ1n) is 6.30. The molecule has 1 heteroatoms. The molecule has 0 aliphatic rings. The fraction of sp³-hybridized carbons (Fsp3) is 0.714. The number of rotatable bonds is 10. The number of aliphatic hydroxyl groups excluding tert-OH is 1. The molecule has 0 bridgehead atoms. The second kappa shape index (κ2) is 13.4. The molecule has 0 aromatic carbocycles. The highest BCUT2D eigenvalue weighted by Gasteiger charge is 1.90. The monoisotopic (exact) mass is 210 g/mol. The molecule has 88 valence electrons. The Morgan fingerprint density at radius 3 is 2.00 bits per heavy atom. The maximum atomic E-state index is 8.60. The van der Waals surface area contributed by atoms with Gasteiger partial charge in [-0.15, -0.1) is 0 Å². The van der Waals surface area contributed by atoms with Gasteiger partial charge in [0.05, 0.1) is 0 Å². The van der Waals surface area contributed by atoms with Crippen LogP contribution in [0.15, 0.2) is 24.3 Å². The van der Waals surface area contributed by atoms with Crippen molar-refractivity contribution < 1.29 is 5.11 Å². The molecule has 0 aromatic heterocycles. The average Bonchev–Trinajstić information content (AvgIpc) is 2.26. The van der Waals surface area contributed by atoms with Crippen LogP contribution in [0.1, 0.15) is 58.3 Å². The molecule has 0 rings (SSSR count). The van der Waals surface area contributed by atoms with Gasteiger partial charge in [0.1, 0.15) is 0 Å². The van der Waals surface area contributed by atoms with Crippen LogP contribution >= 0.6 is 0 Å². The van der Waals surface area contributed by atoms with Crippen molar-refractivity contribution in [1.29, 1.82) is 0 Å². The largest absolute Gasteiger partial charge is 0.396 e. The van der Waals surface area contributed by atoms with E-state index in [9.17, 15) is 0 Å². The zero-order valence-corrected chi connectivity index (χ0v) is 10.1. The van der Waals surface area contributed by atoms with Crippen molar-refractivity contribution in [2.45, 2.75) is 58.3 Å². The molecule has 15 heavy (non-hydrogen) atoms. The lowest BCUT2D eigenvalue weighted by Gasteiger charge is -1.99. The Balaban J connectivity index is 2.98. The quantitative estimate of drug-likeness (QED) is 0.422. The molecular weight excluding hydrogens is 184 g/mol. The van der Waals surface area contributed by atoms with Crippen molar-refractivity contribution in [2.24, 2.45) is 0 Å². The summed E-state index contributed by atoms with van der Waals surface area (Å²) < 4.78 is 0. The van der Waals surface area contributed by atoms with Crippen LogP contribution in [0, 0.1) is 0 Å². The van der Waals surface area contributed by atoms with Crippen LogP contribution in [0.2, 0.25) is 0 Å². The van der Waals surface area contributed by atoms with Crippen LogP contribution in [0.3, 0.4) is 0 Å². The summed E-state index contributed by atoms with van der Waals surface area (Å²) in [6, 6.07) is 0. The summed E-state index contributed by atoms with van der Waals surface area (Å²) in [5, 5.41) is 8.60. The Kier molecular flexibility index (Phi) is 12.9. The molecule has 0 saturated carbocycles. The molecule has 0 radical (unpaired) electrons. The van der Waals surface area contributed by atoms with E-state index in [0.29, 0.717) is 6.61 Å². The first-order valence-corrected chi connectivity index (χ1v) is 6.30. The Hall–Kier alpha value is -0.560. The normalized spacial score (nSPS) is 11.9. The standard InChI is InChI=1S/C14H26O/c1-2-3-4-5-6-7-8-9-10-11-12-13-14-15/h2-5,15H,6-14H2,1H3/b3-2?,5-4+. The molecule has 1 N–H and O–H groups in total. The Morgan fingerprint density at radius 2 is 1.40 bits per heavy atom. The lowest BCUT2D eigenvalue weighted by Crippen LogP contribution is -1.83. The Morgan fingerprint density at radius 1 is 0.800 bits per heavy atom. The van der Waals surface area contributed by atoms with E-state index in [1.54, 1.807) is 0 Å². The van der Waals surface area contributed by atoms with Crippen LogP contribution in [-0.2, 0) is 0 Å². The molecule has 0 aliphatic carbocycles. The summed E-state index contributed by atoms with van der Waals surface area (Å²) in [6.07, 6.45) is 18.5. The summed E-state index contributed by atoms with van der Waals surface area (Å²) in [5.74, 6) is 0. The van der Waals surface area contributed by atoms with Gasteiger partial charge in [0, 0.05) is 6.61 Å².